The van der Waals surface area contributed by atoms with Gasteiger partial charge in [-0.2, -0.15) is 4.98 Å². The number of aromatic nitrogens is 2. The van der Waals surface area contributed by atoms with Gasteiger partial charge in [-0.25, -0.2) is 0 Å². The number of hydrogen-bond donors (Lipinski definition) is 0. The molecule has 1 aromatic heterocycles. The van der Waals surface area contributed by atoms with Crippen molar-refractivity contribution in [1.29, 1.82) is 0 Å². The van der Waals surface area contributed by atoms with Crippen LogP contribution in [0.3, 0.4) is 0 Å². The summed E-state index contributed by atoms with van der Waals surface area (Å²) in [5.74, 6) is 1.99. The molecule has 2 aromatic rings. The third-order valence-electron chi connectivity index (χ3n) is 4.58. The van der Waals surface area contributed by atoms with Gasteiger partial charge in [-0.05, 0) is 30.4 Å². The molecule has 0 bridgehead atoms. The number of amides is 1. The Bertz CT molecular complexity index is 731. The number of hydrogen-bond acceptors (Lipinski definition) is 4. The average molecular weight is 309 g/mol. The molecule has 1 aliphatic heterocycles. The van der Waals surface area contributed by atoms with Crippen molar-refractivity contribution in [3.63, 3.8) is 0 Å². The predicted molar refractivity (Wildman–Crippen MR) is 85.3 cm³/mol. The average Bonchev–Trinajstić information content (AvgIpc) is 3.21. The lowest BCUT2D eigenvalue weighted by atomic mass is 10.1. The second-order valence-corrected chi connectivity index (χ2v) is 6.29. The molecule has 0 N–H and O–H groups in total. The first-order chi connectivity index (χ1) is 11.2. The summed E-state index contributed by atoms with van der Waals surface area (Å²) < 4.78 is 5.43. The number of carbonyl (C=O) groups is 1. The van der Waals surface area contributed by atoms with Gasteiger partial charge in [-0.1, -0.05) is 42.1 Å². The maximum Gasteiger partial charge on any atom is 0.249 e. The van der Waals surface area contributed by atoms with Crippen LogP contribution in [0.5, 0.6) is 0 Å². The van der Waals surface area contributed by atoms with Gasteiger partial charge in [0.1, 0.15) is 6.04 Å². The number of carbonyl (C=O) groups excluding carboxylic acids is 1. The van der Waals surface area contributed by atoms with Gasteiger partial charge in [-0.15, -0.1) is 0 Å². The van der Waals surface area contributed by atoms with Crippen molar-refractivity contribution >= 4 is 12.0 Å². The van der Waals surface area contributed by atoms with E-state index >= 15 is 0 Å². The maximum atomic E-state index is 12.3. The highest BCUT2D eigenvalue weighted by molar-refractivity contribution is 5.78. The zero-order chi connectivity index (χ0) is 15.8. The number of likely N-dealkylation sites (tertiary alicyclic amines) is 1. The minimum absolute atomic E-state index is 0.0958. The second-order valence-electron chi connectivity index (χ2n) is 6.29. The molecule has 1 aromatic carbocycles. The van der Waals surface area contributed by atoms with Crippen LogP contribution in [0.25, 0.3) is 6.08 Å². The van der Waals surface area contributed by atoms with E-state index in [0.29, 0.717) is 24.8 Å². The molecule has 4 rings (SSSR count). The Kier molecular flexibility index (Phi) is 3.48. The lowest BCUT2D eigenvalue weighted by Crippen LogP contribution is -2.27. The molecule has 118 valence electrons. The first-order valence-electron chi connectivity index (χ1n) is 8.09. The predicted octanol–water partition coefficient (Wildman–Crippen LogP) is 3.45. The van der Waals surface area contributed by atoms with Crippen molar-refractivity contribution < 1.29 is 9.32 Å². The number of nitrogens with zero attached hydrogens (tertiary/aromatic N) is 3. The summed E-state index contributed by atoms with van der Waals surface area (Å²) in [4.78, 5) is 18.6. The minimum Gasteiger partial charge on any atom is -0.337 e. The van der Waals surface area contributed by atoms with Crippen molar-refractivity contribution in [2.24, 2.45) is 0 Å². The van der Waals surface area contributed by atoms with Gasteiger partial charge in [0.2, 0.25) is 11.8 Å². The molecule has 0 radical (unpaired) electrons. The second kappa shape index (κ2) is 5.65. The van der Waals surface area contributed by atoms with E-state index in [0.717, 1.165) is 36.2 Å². The highest BCUT2D eigenvalue weighted by atomic mass is 16.5. The Morgan fingerprint density at radius 3 is 2.74 bits per heavy atom. The molecule has 1 saturated heterocycles. The lowest BCUT2D eigenvalue weighted by Gasteiger charge is -2.22. The Morgan fingerprint density at radius 2 is 2.04 bits per heavy atom. The zero-order valence-corrected chi connectivity index (χ0v) is 12.9. The molecule has 1 unspecified atom stereocenters. The van der Waals surface area contributed by atoms with Gasteiger partial charge in [0.25, 0.3) is 0 Å². The third kappa shape index (κ3) is 2.79. The summed E-state index contributed by atoms with van der Waals surface area (Å²) in [6, 6.07) is 7.99. The van der Waals surface area contributed by atoms with Gasteiger partial charge in [-0.3, -0.25) is 4.79 Å². The molecule has 2 fully saturated rings. The van der Waals surface area contributed by atoms with Crippen LogP contribution in [0.2, 0.25) is 0 Å². The fourth-order valence-corrected chi connectivity index (χ4v) is 3.03. The van der Waals surface area contributed by atoms with Gasteiger partial charge in [0.15, 0.2) is 5.82 Å². The van der Waals surface area contributed by atoms with Gasteiger partial charge in [0, 0.05) is 18.9 Å². The molecule has 1 saturated carbocycles. The molecule has 1 atom stereocenters. The standard InChI is InChI=1S/C18H19N3O2/c1-2-12-3-5-13(6-4-12)11-21-15(9-10-16(21)22)18-19-17(20-23-18)14-7-8-14/h2-6,14-15H,1,7-11H2. The summed E-state index contributed by atoms with van der Waals surface area (Å²) >= 11 is 0. The molecule has 1 aliphatic carbocycles. The van der Waals surface area contributed by atoms with E-state index in [2.05, 4.69) is 16.7 Å². The van der Waals surface area contributed by atoms with Crippen molar-refractivity contribution in [3.05, 3.63) is 53.7 Å². The van der Waals surface area contributed by atoms with Crippen LogP contribution in [-0.4, -0.2) is 20.9 Å². The molecule has 2 heterocycles. The Balaban J connectivity index is 1.53. The Morgan fingerprint density at radius 1 is 1.26 bits per heavy atom. The van der Waals surface area contributed by atoms with E-state index in [1.807, 2.05) is 35.2 Å². The molecule has 5 heteroatoms. The van der Waals surface area contributed by atoms with Crippen molar-refractivity contribution in [1.82, 2.24) is 15.0 Å². The maximum absolute atomic E-state index is 12.3. The molecule has 5 nitrogen and oxygen atoms in total. The quantitative estimate of drug-likeness (QED) is 0.848. The van der Waals surface area contributed by atoms with Crippen molar-refractivity contribution in [3.8, 4) is 0 Å². The lowest BCUT2D eigenvalue weighted by molar-refractivity contribution is -0.129. The van der Waals surface area contributed by atoms with Gasteiger partial charge < -0.3 is 9.42 Å². The summed E-state index contributed by atoms with van der Waals surface area (Å²) in [7, 11) is 0. The highest BCUT2D eigenvalue weighted by Crippen LogP contribution is 2.40. The first-order valence-corrected chi connectivity index (χ1v) is 8.09. The summed E-state index contributed by atoms with van der Waals surface area (Å²) in [6.45, 7) is 4.33. The third-order valence-corrected chi connectivity index (χ3v) is 4.58. The Hall–Kier alpha value is -2.43. The van der Waals surface area contributed by atoms with Gasteiger partial charge >= 0.3 is 0 Å². The van der Waals surface area contributed by atoms with Crippen LogP contribution >= 0.6 is 0 Å². The van der Waals surface area contributed by atoms with Crippen LogP contribution in [-0.2, 0) is 11.3 Å². The minimum atomic E-state index is -0.0958. The normalized spacial score (nSPS) is 21.0. The van der Waals surface area contributed by atoms with Crippen molar-refractivity contribution in [2.75, 3.05) is 0 Å². The van der Waals surface area contributed by atoms with Crippen LogP contribution in [0.1, 0.15) is 60.5 Å². The topological polar surface area (TPSA) is 59.2 Å². The van der Waals surface area contributed by atoms with E-state index < -0.39 is 0 Å². The van der Waals surface area contributed by atoms with Crippen LogP contribution in [0.4, 0.5) is 0 Å². The summed E-state index contributed by atoms with van der Waals surface area (Å²) in [5.41, 5.74) is 2.17. The monoisotopic (exact) mass is 309 g/mol. The largest absolute Gasteiger partial charge is 0.337 e. The highest BCUT2D eigenvalue weighted by Gasteiger charge is 2.37. The van der Waals surface area contributed by atoms with E-state index in [-0.39, 0.29) is 11.9 Å². The summed E-state index contributed by atoms with van der Waals surface area (Å²) in [5, 5.41) is 4.08. The summed E-state index contributed by atoms with van der Waals surface area (Å²) in [6.07, 6.45) is 5.38. The Labute approximate surface area is 135 Å². The molecule has 0 spiro atoms. The fraction of sp³-hybridized carbons (Fsp3) is 0.389. The van der Waals surface area contributed by atoms with Crippen LogP contribution in [0, 0.1) is 0 Å². The molecule has 23 heavy (non-hydrogen) atoms. The number of rotatable bonds is 5. The van der Waals surface area contributed by atoms with Gasteiger partial charge in [0.05, 0.1) is 0 Å². The van der Waals surface area contributed by atoms with Crippen LogP contribution in [0.15, 0.2) is 35.4 Å². The van der Waals surface area contributed by atoms with Crippen LogP contribution < -0.4 is 0 Å². The molecule has 1 amide bonds. The van der Waals surface area contributed by atoms with E-state index in [1.54, 1.807) is 0 Å². The molecule has 2 aliphatic rings. The smallest absolute Gasteiger partial charge is 0.249 e. The fourth-order valence-electron chi connectivity index (χ4n) is 3.03. The SMILES string of the molecule is C=Cc1ccc(CN2C(=O)CCC2c2nc(C3CC3)no2)cc1. The first kappa shape index (κ1) is 14.2. The zero-order valence-electron chi connectivity index (χ0n) is 12.9. The van der Waals surface area contributed by atoms with E-state index in [1.165, 1.54) is 0 Å². The molecular formula is C18H19N3O2. The number of benzene rings is 1. The van der Waals surface area contributed by atoms with E-state index in [4.69, 9.17) is 4.52 Å². The molecular weight excluding hydrogens is 290 g/mol. The van der Waals surface area contributed by atoms with E-state index in [9.17, 15) is 4.79 Å². The van der Waals surface area contributed by atoms with Crippen molar-refractivity contribution in [2.45, 2.75) is 44.2 Å².